The van der Waals surface area contributed by atoms with Gasteiger partial charge in [-0.25, -0.2) is 22.9 Å². The van der Waals surface area contributed by atoms with Crippen LogP contribution in [0.1, 0.15) is 40.9 Å². The number of hydrogen-bond donors (Lipinski definition) is 2. The maximum atomic E-state index is 14.0. The molecule has 0 spiro atoms. The highest BCUT2D eigenvalue weighted by Gasteiger charge is 2.41. The molecule has 1 aliphatic rings. The largest absolute Gasteiger partial charge is 0.476 e. The topological polar surface area (TPSA) is 87.5 Å². The fourth-order valence-electron chi connectivity index (χ4n) is 3.80. The fraction of sp³-hybridized carbons (Fsp3) is 0.450. The summed E-state index contributed by atoms with van der Waals surface area (Å²) in [7, 11) is 0. The summed E-state index contributed by atoms with van der Waals surface area (Å²) in [5, 5.41) is 12.2. The number of rotatable bonds is 7. The molecule has 33 heavy (non-hydrogen) atoms. The molecule has 0 fully saturated rings. The standard InChI is InChI=1S/C20H20F6N4O3/c1-2-27-11(5-10-6-13(22)14(23)8-12(10)21)7-16(31)29-3-4-30-15(9-29)17(18(32)33)28-19(30)20(24,25)26/h6,8,11,27H,2-5,7,9H2,1H3,(H,32,33)/t11-/m1/s1. The Morgan fingerprint density at radius 3 is 2.42 bits per heavy atom. The second kappa shape index (κ2) is 9.41. The summed E-state index contributed by atoms with van der Waals surface area (Å²) in [6.07, 6.45) is -5.23. The third-order valence-electron chi connectivity index (χ3n) is 5.28. The SMILES string of the molecule is CCN[C@@H](CC(=O)N1CCn2c(C(F)(F)F)nc(C(=O)O)c2C1)Cc1cc(F)c(F)cc1F. The quantitative estimate of drug-likeness (QED) is 0.472. The molecule has 2 heterocycles. The van der Waals surface area contributed by atoms with Gasteiger partial charge in [0.25, 0.3) is 0 Å². The molecule has 0 aliphatic carbocycles. The van der Waals surface area contributed by atoms with Gasteiger partial charge in [0.05, 0.1) is 12.2 Å². The number of carboxylic acids is 1. The monoisotopic (exact) mass is 478 g/mol. The number of nitrogens with zero attached hydrogens (tertiary/aromatic N) is 3. The van der Waals surface area contributed by atoms with Crippen LogP contribution >= 0.6 is 0 Å². The number of aromatic nitrogens is 2. The number of carboxylic acid groups (broad SMARTS) is 1. The zero-order valence-electron chi connectivity index (χ0n) is 17.3. The van der Waals surface area contributed by atoms with Crippen molar-refractivity contribution in [3.63, 3.8) is 0 Å². The molecular weight excluding hydrogens is 458 g/mol. The predicted molar refractivity (Wildman–Crippen MR) is 102 cm³/mol. The van der Waals surface area contributed by atoms with Crippen molar-refractivity contribution in [2.45, 2.75) is 45.1 Å². The average molecular weight is 478 g/mol. The molecule has 0 radical (unpaired) electrons. The lowest BCUT2D eigenvalue weighted by Crippen LogP contribution is -2.43. The van der Waals surface area contributed by atoms with Crippen molar-refractivity contribution in [1.82, 2.24) is 19.8 Å². The molecule has 0 saturated carbocycles. The molecule has 13 heteroatoms. The molecular formula is C20H20F6N4O3. The van der Waals surface area contributed by atoms with Gasteiger partial charge in [0, 0.05) is 31.6 Å². The number of aromatic carboxylic acids is 1. The first-order chi connectivity index (χ1) is 15.4. The van der Waals surface area contributed by atoms with E-state index < -0.39 is 59.6 Å². The van der Waals surface area contributed by atoms with Crippen LogP contribution in [0.15, 0.2) is 12.1 Å². The van der Waals surface area contributed by atoms with Gasteiger partial charge in [0.1, 0.15) is 5.82 Å². The van der Waals surface area contributed by atoms with Crippen LogP contribution in [0, 0.1) is 17.5 Å². The summed E-state index contributed by atoms with van der Waals surface area (Å²) < 4.78 is 81.1. The van der Waals surface area contributed by atoms with Gasteiger partial charge in [-0.1, -0.05) is 6.92 Å². The third-order valence-corrected chi connectivity index (χ3v) is 5.28. The van der Waals surface area contributed by atoms with Crippen molar-refractivity contribution in [3.8, 4) is 0 Å². The zero-order chi connectivity index (χ0) is 24.5. The Balaban J connectivity index is 1.78. The summed E-state index contributed by atoms with van der Waals surface area (Å²) >= 11 is 0. The fourth-order valence-corrected chi connectivity index (χ4v) is 3.80. The summed E-state index contributed by atoms with van der Waals surface area (Å²) in [5.74, 6) is -7.08. The lowest BCUT2D eigenvalue weighted by atomic mass is 10.0. The van der Waals surface area contributed by atoms with Crippen molar-refractivity contribution in [2.24, 2.45) is 0 Å². The van der Waals surface area contributed by atoms with Crippen LogP contribution in [0.5, 0.6) is 0 Å². The third kappa shape index (κ3) is 5.29. The maximum absolute atomic E-state index is 14.0. The van der Waals surface area contributed by atoms with E-state index in [9.17, 15) is 41.0 Å². The number of carbonyl (C=O) groups excluding carboxylic acids is 1. The highest BCUT2D eigenvalue weighted by atomic mass is 19.4. The Kier molecular flexibility index (Phi) is 7.00. The molecule has 1 atom stereocenters. The van der Waals surface area contributed by atoms with E-state index in [2.05, 4.69) is 10.3 Å². The van der Waals surface area contributed by atoms with E-state index in [1.807, 2.05) is 0 Å². The zero-order valence-corrected chi connectivity index (χ0v) is 17.3. The van der Waals surface area contributed by atoms with Crippen molar-refractivity contribution in [1.29, 1.82) is 0 Å². The molecule has 7 nitrogen and oxygen atoms in total. The molecule has 0 unspecified atom stereocenters. The summed E-state index contributed by atoms with van der Waals surface area (Å²) in [6, 6.07) is 0.433. The summed E-state index contributed by atoms with van der Waals surface area (Å²) in [5.41, 5.74) is -1.18. The Bertz CT molecular complexity index is 1070. The van der Waals surface area contributed by atoms with Crippen LogP contribution in [-0.2, 0) is 30.5 Å². The van der Waals surface area contributed by atoms with Crippen molar-refractivity contribution >= 4 is 11.9 Å². The van der Waals surface area contributed by atoms with E-state index in [1.165, 1.54) is 4.90 Å². The van der Waals surface area contributed by atoms with Gasteiger partial charge in [-0.2, -0.15) is 13.2 Å². The first kappa shape index (κ1) is 24.6. The van der Waals surface area contributed by atoms with Gasteiger partial charge in [-0.15, -0.1) is 0 Å². The molecule has 180 valence electrons. The van der Waals surface area contributed by atoms with E-state index in [-0.39, 0.29) is 37.2 Å². The molecule has 0 bridgehead atoms. The van der Waals surface area contributed by atoms with E-state index >= 15 is 0 Å². The number of fused-ring (bicyclic) bond motifs is 1. The van der Waals surface area contributed by atoms with Gasteiger partial charge in [-0.05, 0) is 24.6 Å². The van der Waals surface area contributed by atoms with Gasteiger partial charge < -0.3 is 19.9 Å². The molecule has 3 rings (SSSR count). The number of benzene rings is 1. The maximum Gasteiger partial charge on any atom is 0.449 e. The number of carbonyl (C=O) groups is 2. The van der Waals surface area contributed by atoms with Crippen LogP contribution < -0.4 is 5.32 Å². The molecule has 0 saturated heterocycles. The van der Waals surface area contributed by atoms with Crippen molar-refractivity contribution in [2.75, 3.05) is 13.1 Å². The minimum Gasteiger partial charge on any atom is -0.476 e. The molecule has 1 amide bonds. The Hall–Kier alpha value is -3.09. The van der Waals surface area contributed by atoms with Crippen LogP contribution in [0.2, 0.25) is 0 Å². The Morgan fingerprint density at radius 1 is 1.15 bits per heavy atom. The first-order valence-corrected chi connectivity index (χ1v) is 9.96. The molecule has 1 aliphatic heterocycles. The second-order valence-electron chi connectivity index (χ2n) is 7.52. The van der Waals surface area contributed by atoms with E-state index in [1.54, 1.807) is 6.92 Å². The Labute approximate surface area is 184 Å². The number of halogens is 6. The number of imidazole rings is 1. The minimum absolute atomic E-state index is 0.122. The Morgan fingerprint density at radius 2 is 1.82 bits per heavy atom. The molecule has 1 aromatic carbocycles. The van der Waals surface area contributed by atoms with Crippen LogP contribution in [0.4, 0.5) is 26.3 Å². The molecule has 2 N–H and O–H groups in total. The van der Waals surface area contributed by atoms with E-state index in [4.69, 9.17) is 0 Å². The van der Waals surface area contributed by atoms with Crippen LogP contribution in [-0.4, -0.2) is 50.6 Å². The van der Waals surface area contributed by atoms with E-state index in [0.29, 0.717) is 18.7 Å². The number of amides is 1. The highest BCUT2D eigenvalue weighted by Crippen LogP contribution is 2.32. The number of alkyl halides is 3. The molecule has 2 aromatic rings. The summed E-state index contributed by atoms with van der Waals surface area (Å²) in [4.78, 5) is 28.6. The normalized spacial score (nSPS) is 14.8. The lowest BCUT2D eigenvalue weighted by molar-refractivity contribution is -0.148. The summed E-state index contributed by atoms with van der Waals surface area (Å²) in [6.45, 7) is 1.26. The average Bonchev–Trinajstić information content (AvgIpc) is 3.11. The van der Waals surface area contributed by atoms with Gasteiger partial charge in [-0.3, -0.25) is 4.79 Å². The van der Waals surface area contributed by atoms with Gasteiger partial charge >= 0.3 is 12.1 Å². The van der Waals surface area contributed by atoms with Crippen LogP contribution in [0.3, 0.4) is 0 Å². The lowest BCUT2D eigenvalue weighted by Gasteiger charge is -2.31. The number of hydrogen-bond acceptors (Lipinski definition) is 4. The highest BCUT2D eigenvalue weighted by molar-refractivity contribution is 5.87. The van der Waals surface area contributed by atoms with Crippen molar-refractivity contribution < 1.29 is 41.0 Å². The minimum atomic E-state index is -4.86. The molecule has 1 aromatic heterocycles. The number of likely N-dealkylation sites (N-methyl/N-ethyl adjacent to an activating group) is 1. The second-order valence-corrected chi connectivity index (χ2v) is 7.52. The smallest absolute Gasteiger partial charge is 0.449 e. The number of nitrogens with one attached hydrogen (secondary N) is 1. The first-order valence-electron chi connectivity index (χ1n) is 9.96. The van der Waals surface area contributed by atoms with E-state index in [0.717, 1.165) is 4.57 Å². The van der Waals surface area contributed by atoms with Crippen LogP contribution in [0.25, 0.3) is 0 Å². The van der Waals surface area contributed by atoms with Gasteiger partial charge in [0.15, 0.2) is 17.3 Å². The predicted octanol–water partition coefficient (Wildman–Crippen LogP) is 2.97. The van der Waals surface area contributed by atoms with Gasteiger partial charge in [0.2, 0.25) is 11.7 Å². The van der Waals surface area contributed by atoms with Crippen molar-refractivity contribution in [3.05, 3.63) is 52.4 Å².